The molecule has 0 N–H and O–H groups in total. The van der Waals surface area contributed by atoms with Crippen LogP contribution >= 0.6 is 44.8 Å². The van der Waals surface area contributed by atoms with Crippen LogP contribution in [-0.2, 0) is 0 Å². The molecule has 0 radical (unpaired) electrons. The van der Waals surface area contributed by atoms with Gasteiger partial charge < -0.3 is 0 Å². The Balaban J connectivity index is 4.30. The molecule has 0 fully saturated rings. The van der Waals surface area contributed by atoms with Gasteiger partial charge in [-0.05, 0) is 0 Å². The molecular formula is C6H6Cl2F6S2. The standard InChI is InChI=1S/C6H6Cl2F6S2/c7-1-3(5(9,10)11)15-16-4(2-8)6(12,13)14/h3-4H,1-2H2. The Morgan fingerprint density at radius 3 is 1.12 bits per heavy atom. The largest absolute Gasteiger partial charge is 0.402 e. The van der Waals surface area contributed by atoms with E-state index in [0.717, 1.165) is 0 Å². The van der Waals surface area contributed by atoms with Crippen LogP contribution in [0.4, 0.5) is 26.3 Å². The molecule has 0 saturated carbocycles. The summed E-state index contributed by atoms with van der Waals surface area (Å²) in [6, 6.07) is 0. The van der Waals surface area contributed by atoms with Gasteiger partial charge in [-0.15, -0.1) is 23.2 Å². The Morgan fingerprint density at radius 1 is 0.750 bits per heavy atom. The Labute approximate surface area is 106 Å². The van der Waals surface area contributed by atoms with Crippen LogP contribution in [0.5, 0.6) is 0 Å². The lowest BCUT2D eigenvalue weighted by molar-refractivity contribution is -0.126. The molecule has 0 amide bonds. The maximum absolute atomic E-state index is 12.1. The predicted octanol–water partition coefficient (Wildman–Crippen LogP) is 4.71. The van der Waals surface area contributed by atoms with E-state index in [1.54, 1.807) is 0 Å². The molecule has 0 aliphatic heterocycles. The van der Waals surface area contributed by atoms with Crippen LogP contribution in [0.1, 0.15) is 0 Å². The van der Waals surface area contributed by atoms with Gasteiger partial charge in [0.25, 0.3) is 0 Å². The Kier molecular flexibility index (Phi) is 7.06. The van der Waals surface area contributed by atoms with Crippen LogP contribution in [0, 0.1) is 0 Å². The van der Waals surface area contributed by atoms with Crippen molar-refractivity contribution in [2.75, 3.05) is 11.8 Å². The van der Waals surface area contributed by atoms with Gasteiger partial charge >= 0.3 is 12.4 Å². The zero-order chi connectivity index (χ0) is 13.0. The summed E-state index contributed by atoms with van der Waals surface area (Å²) in [5.41, 5.74) is 0. The zero-order valence-corrected chi connectivity index (χ0v) is 10.6. The molecule has 0 rings (SSSR count). The number of rotatable bonds is 5. The monoisotopic (exact) mass is 326 g/mol. The van der Waals surface area contributed by atoms with Crippen molar-refractivity contribution in [2.24, 2.45) is 0 Å². The summed E-state index contributed by atoms with van der Waals surface area (Å²) in [5.74, 6) is -1.60. The molecule has 0 aromatic carbocycles. The van der Waals surface area contributed by atoms with Crippen molar-refractivity contribution >= 4 is 44.8 Å². The fraction of sp³-hybridized carbons (Fsp3) is 1.00. The van der Waals surface area contributed by atoms with Crippen LogP contribution in [0.15, 0.2) is 0 Å². The molecule has 0 nitrogen and oxygen atoms in total. The second-order valence-electron chi connectivity index (χ2n) is 2.56. The number of hydrogen-bond donors (Lipinski definition) is 0. The van der Waals surface area contributed by atoms with Gasteiger partial charge in [0.1, 0.15) is 10.5 Å². The molecule has 98 valence electrons. The van der Waals surface area contributed by atoms with Gasteiger partial charge in [-0.1, -0.05) is 21.6 Å². The minimum atomic E-state index is -4.62. The predicted molar refractivity (Wildman–Crippen MR) is 56.3 cm³/mol. The minimum absolute atomic E-state index is 0.0433. The van der Waals surface area contributed by atoms with Crippen molar-refractivity contribution in [2.45, 2.75) is 22.9 Å². The highest BCUT2D eigenvalue weighted by Gasteiger charge is 2.44. The van der Waals surface area contributed by atoms with Gasteiger partial charge in [-0.25, -0.2) is 0 Å². The summed E-state index contributed by atoms with van der Waals surface area (Å²) in [6.45, 7) is 0. The van der Waals surface area contributed by atoms with Gasteiger partial charge in [0.05, 0.1) is 0 Å². The average Bonchev–Trinajstić information content (AvgIpc) is 2.08. The lowest BCUT2D eigenvalue weighted by Gasteiger charge is -2.21. The topological polar surface area (TPSA) is 0 Å². The highest BCUT2D eigenvalue weighted by Crippen LogP contribution is 2.44. The fourth-order valence-electron chi connectivity index (χ4n) is 0.470. The Bertz CT molecular complexity index is 184. The fourth-order valence-corrected chi connectivity index (χ4v) is 4.10. The first-order valence-electron chi connectivity index (χ1n) is 3.70. The van der Waals surface area contributed by atoms with Gasteiger partial charge in [0.15, 0.2) is 0 Å². The van der Waals surface area contributed by atoms with Crippen LogP contribution in [0.2, 0.25) is 0 Å². The molecule has 16 heavy (non-hydrogen) atoms. The minimum Gasteiger partial charge on any atom is -0.170 e. The molecule has 0 bridgehead atoms. The number of hydrogen-bond acceptors (Lipinski definition) is 2. The van der Waals surface area contributed by atoms with Crippen LogP contribution in [0.3, 0.4) is 0 Å². The second-order valence-corrected chi connectivity index (χ2v) is 5.86. The van der Waals surface area contributed by atoms with Crippen molar-refractivity contribution in [1.29, 1.82) is 0 Å². The maximum atomic E-state index is 12.1. The molecule has 0 aromatic heterocycles. The maximum Gasteiger partial charge on any atom is 0.402 e. The van der Waals surface area contributed by atoms with E-state index in [1.165, 1.54) is 0 Å². The summed E-state index contributed by atoms with van der Waals surface area (Å²) < 4.78 is 72.8. The first-order chi connectivity index (χ1) is 7.12. The molecule has 0 saturated heterocycles. The molecule has 0 aliphatic rings. The smallest absolute Gasteiger partial charge is 0.170 e. The summed E-state index contributed by atoms with van der Waals surface area (Å²) in [6.07, 6.45) is -9.25. The van der Waals surface area contributed by atoms with E-state index >= 15 is 0 Å². The molecule has 0 aliphatic carbocycles. The van der Waals surface area contributed by atoms with Gasteiger partial charge in [0.2, 0.25) is 0 Å². The number of alkyl halides is 8. The normalized spacial score (nSPS) is 17.2. The summed E-state index contributed by atoms with van der Waals surface area (Å²) in [7, 11) is 0.0866. The third kappa shape index (κ3) is 5.97. The highest BCUT2D eigenvalue weighted by molar-refractivity contribution is 8.77. The molecular weight excluding hydrogens is 321 g/mol. The lowest BCUT2D eigenvalue weighted by atomic mass is 10.5. The van der Waals surface area contributed by atoms with E-state index in [0.29, 0.717) is 0 Å². The van der Waals surface area contributed by atoms with Gasteiger partial charge in [-0.3, -0.25) is 0 Å². The van der Waals surface area contributed by atoms with E-state index in [2.05, 4.69) is 0 Å². The third-order valence-corrected chi connectivity index (χ3v) is 5.45. The Hall–Kier alpha value is 0.860. The summed E-state index contributed by atoms with van der Waals surface area (Å²) >= 11 is 10.0. The van der Waals surface area contributed by atoms with E-state index in [1.807, 2.05) is 0 Å². The molecule has 0 aromatic rings. The van der Waals surface area contributed by atoms with Crippen LogP contribution < -0.4 is 0 Å². The second kappa shape index (κ2) is 6.70. The first-order valence-corrected chi connectivity index (χ1v) is 7.05. The Morgan fingerprint density at radius 2 is 1.00 bits per heavy atom. The highest BCUT2D eigenvalue weighted by atomic mass is 35.5. The molecule has 2 unspecified atom stereocenters. The SMILES string of the molecule is FC(F)(F)C(CCl)SSC(CCl)C(F)(F)F. The molecule has 0 spiro atoms. The van der Waals surface area contributed by atoms with E-state index in [-0.39, 0.29) is 21.6 Å². The molecule has 10 heteroatoms. The van der Waals surface area contributed by atoms with Crippen LogP contribution in [-0.4, -0.2) is 34.6 Å². The van der Waals surface area contributed by atoms with Gasteiger partial charge in [-0.2, -0.15) is 26.3 Å². The van der Waals surface area contributed by atoms with E-state index in [4.69, 9.17) is 23.2 Å². The van der Waals surface area contributed by atoms with Crippen molar-refractivity contribution in [3.05, 3.63) is 0 Å². The third-order valence-electron chi connectivity index (χ3n) is 1.30. The summed E-state index contributed by atoms with van der Waals surface area (Å²) in [5, 5.41) is -4.07. The van der Waals surface area contributed by atoms with Crippen molar-refractivity contribution in [1.82, 2.24) is 0 Å². The quantitative estimate of drug-likeness (QED) is 0.408. The summed E-state index contributed by atoms with van der Waals surface area (Å²) in [4.78, 5) is 0. The number of halogens is 8. The van der Waals surface area contributed by atoms with E-state index in [9.17, 15) is 26.3 Å². The van der Waals surface area contributed by atoms with Gasteiger partial charge in [0, 0.05) is 11.8 Å². The van der Waals surface area contributed by atoms with Crippen molar-refractivity contribution in [3.63, 3.8) is 0 Å². The first kappa shape index (κ1) is 16.9. The van der Waals surface area contributed by atoms with Crippen molar-refractivity contribution in [3.8, 4) is 0 Å². The van der Waals surface area contributed by atoms with Crippen molar-refractivity contribution < 1.29 is 26.3 Å². The molecule has 0 heterocycles. The molecule has 2 atom stereocenters. The zero-order valence-electron chi connectivity index (χ0n) is 7.41. The lowest BCUT2D eigenvalue weighted by Crippen LogP contribution is -2.30. The average molecular weight is 327 g/mol. The van der Waals surface area contributed by atoms with E-state index < -0.39 is 34.6 Å². The van der Waals surface area contributed by atoms with Crippen LogP contribution in [0.25, 0.3) is 0 Å².